The molecule has 8 atom stereocenters. The number of ether oxygens (including phenoxy) is 3. The second kappa shape index (κ2) is 6.38. The molecule has 7 N–H and O–H groups in total. The predicted molar refractivity (Wildman–Crippen MR) is 62.6 cm³/mol. The predicted octanol–water partition coefficient (Wildman–Crippen LogP) is -4.76. The molecule has 0 aromatic rings. The van der Waals surface area contributed by atoms with E-state index in [1.807, 2.05) is 0 Å². The molecule has 0 spiro atoms. The lowest BCUT2D eigenvalue weighted by atomic mass is 10.1. The van der Waals surface area contributed by atoms with Gasteiger partial charge in [0.2, 0.25) is 5.79 Å². The molecule has 2 aliphatic rings. The Labute approximate surface area is 119 Å². The highest BCUT2D eigenvalue weighted by molar-refractivity contribution is 4.98. The van der Waals surface area contributed by atoms with E-state index in [4.69, 9.17) is 24.4 Å². The summed E-state index contributed by atoms with van der Waals surface area (Å²) in [6.45, 7) is -2.09. The summed E-state index contributed by atoms with van der Waals surface area (Å²) in [5, 5.41) is 66.4. The van der Waals surface area contributed by atoms with Gasteiger partial charge in [0, 0.05) is 0 Å². The summed E-state index contributed by atoms with van der Waals surface area (Å²) >= 11 is 0. The zero-order valence-electron chi connectivity index (χ0n) is 11.0. The third kappa shape index (κ3) is 2.80. The molecule has 0 radical (unpaired) electrons. The molecule has 0 aromatic carbocycles. The first-order valence-electron chi connectivity index (χ1n) is 6.46. The standard InChI is InChI=1S/C11H20O10/c12-1-4-6(15)8(17)10(19-4)21-11(3-14)9(18)7(16)5(2-13)20-11/h4-10,12-18H,1-3H2/t4-,5-,6-,7-,8+,9+,10?,11?/m1/s1. The van der Waals surface area contributed by atoms with Crippen LogP contribution in [-0.2, 0) is 14.2 Å². The maximum Gasteiger partial charge on any atom is 0.224 e. The largest absolute Gasteiger partial charge is 0.394 e. The van der Waals surface area contributed by atoms with Crippen molar-refractivity contribution < 1.29 is 50.0 Å². The second-order valence-corrected chi connectivity index (χ2v) is 5.07. The van der Waals surface area contributed by atoms with Crippen molar-refractivity contribution in [3.63, 3.8) is 0 Å². The maximum atomic E-state index is 9.92. The minimum Gasteiger partial charge on any atom is -0.394 e. The van der Waals surface area contributed by atoms with Gasteiger partial charge >= 0.3 is 0 Å². The quantitative estimate of drug-likeness (QED) is 0.261. The van der Waals surface area contributed by atoms with Gasteiger partial charge in [-0.05, 0) is 0 Å². The third-order valence-electron chi connectivity index (χ3n) is 3.72. The first kappa shape index (κ1) is 17.0. The van der Waals surface area contributed by atoms with Crippen LogP contribution in [0, 0.1) is 0 Å². The second-order valence-electron chi connectivity index (χ2n) is 5.07. The van der Waals surface area contributed by atoms with Gasteiger partial charge in [-0.2, -0.15) is 0 Å². The smallest absolute Gasteiger partial charge is 0.224 e. The Kier molecular flexibility index (Phi) is 5.15. The average Bonchev–Trinajstić information content (AvgIpc) is 2.90. The van der Waals surface area contributed by atoms with Crippen molar-refractivity contribution in [3.05, 3.63) is 0 Å². The summed E-state index contributed by atoms with van der Waals surface area (Å²) in [6, 6.07) is 0. The normalized spacial score (nSPS) is 50.7. The van der Waals surface area contributed by atoms with E-state index < -0.39 is 68.5 Å². The van der Waals surface area contributed by atoms with Crippen molar-refractivity contribution in [1.29, 1.82) is 0 Å². The van der Waals surface area contributed by atoms with Crippen molar-refractivity contribution >= 4 is 0 Å². The fraction of sp³-hybridized carbons (Fsp3) is 1.00. The van der Waals surface area contributed by atoms with Gasteiger partial charge in [-0.1, -0.05) is 0 Å². The Morgan fingerprint density at radius 1 is 0.857 bits per heavy atom. The molecule has 10 heteroatoms. The molecule has 10 nitrogen and oxygen atoms in total. The minimum absolute atomic E-state index is 0.574. The monoisotopic (exact) mass is 312 g/mol. The van der Waals surface area contributed by atoms with Crippen LogP contribution in [-0.4, -0.2) is 104 Å². The lowest BCUT2D eigenvalue weighted by molar-refractivity contribution is -0.341. The van der Waals surface area contributed by atoms with Crippen molar-refractivity contribution in [2.24, 2.45) is 0 Å². The highest BCUT2D eigenvalue weighted by Crippen LogP contribution is 2.36. The van der Waals surface area contributed by atoms with Crippen molar-refractivity contribution in [3.8, 4) is 0 Å². The molecule has 2 fully saturated rings. The molecule has 0 aromatic heterocycles. The van der Waals surface area contributed by atoms with Crippen molar-refractivity contribution in [2.45, 2.75) is 48.7 Å². The van der Waals surface area contributed by atoms with Gasteiger partial charge in [0.25, 0.3) is 0 Å². The van der Waals surface area contributed by atoms with Crippen LogP contribution in [0.3, 0.4) is 0 Å². The molecular weight excluding hydrogens is 292 g/mol. The first-order chi connectivity index (χ1) is 9.90. The van der Waals surface area contributed by atoms with E-state index in [-0.39, 0.29) is 0 Å². The molecule has 2 saturated heterocycles. The Balaban J connectivity index is 2.13. The van der Waals surface area contributed by atoms with E-state index in [0.717, 1.165) is 0 Å². The van der Waals surface area contributed by atoms with Crippen molar-refractivity contribution in [2.75, 3.05) is 19.8 Å². The number of rotatable bonds is 5. The summed E-state index contributed by atoms with van der Waals surface area (Å²) in [7, 11) is 0. The van der Waals surface area contributed by atoms with Crippen LogP contribution < -0.4 is 0 Å². The lowest BCUT2D eigenvalue weighted by Gasteiger charge is -2.33. The van der Waals surface area contributed by atoms with Gasteiger partial charge in [0.15, 0.2) is 6.29 Å². The van der Waals surface area contributed by atoms with Crippen LogP contribution in [0.15, 0.2) is 0 Å². The molecule has 0 saturated carbocycles. The van der Waals surface area contributed by atoms with Gasteiger partial charge in [-0.25, -0.2) is 0 Å². The Morgan fingerprint density at radius 3 is 1.90 bits per heavy atom. The molecule has 2 rings (SSSR count). The molecular formula is C11H20O10. The number of aliphatic hydroxyl groups is 7. The zero-order chi connectivity index (χ0) is 15.8. The van der Waals surface area contributed by atoms with Gasteiger partial charge in [0.1, 0.15) is 43.2 Å². The zero-order valence-corrected chi connectivity index (χ0v) is 11.0. The van der Waals surface area contributed by atoms with Crippen LogP contribution in [0.5, 0.6) is 0 Å². The first-order valence-corrected chi connectivity index (χ1v) is 6.46. The van der Waals surface area contributed by atoms with Crippen molar-refractivity contribution in [1.82, 2.24) is 0 Å². The Morgan fingerprint density at radius 2 is 1.48 bits per heavy atom. The van der Waals surface area contributed by atoms with Crippen LogP contribution in [0.4, 0.5) is 0 Å². The molecule has 2 aliphatic heterocycles. The maximum absolute atomic E-state index is 9.92. The van der Waals surface area contributed by atoms with E-state index in [1.54, 1.807) is 0 Å². The molecule has 2 unspecified atom stereocenters. The van der Waals surface area contributed by atoms with Gasteiger partial charge in [-0.3, -0.25) is 0 Å². The average molecular weight is 312 g/mol. The van der Waals surface area contributed by atoms with Gasteiger partial charge in [0.05, 0.1) is 13.2 Å². The van der Waals surface area contributed by atoms with E-state index in [1.165, 1.54) is 0 Å². The van der Waals surface area contributed by atoms with Crippen LogP contribution in [0.2, 0.25) is 0 Å². The van der Waals surface area contributed by atoms with E-state index in [9.17, 15) is 25.5 Å². The molecule has 0 aliphatic carbocycles. The Hall–Kier alpha value is -0.400. The topological polar surface area (TPSA) is 169 Å². The molecule has 124 valence electrons. The fourth-order valence-electron chi connectivity index (χ4n) is 2.43. The number of aliphatic hydroxyl groups excluding tert-OH is 7. The van der Waals surface area contributed by atoms with E-state index in [2.05, 4.69) is 0 Å². The van der Waals surface area contributed by atoms with Gasteiger partial charge < -0.3 is 50.0 Å². The molecule has 0 bridgehead atoms. The summed E-state index contributed by atoms with van der Waals surface area (Å²) in [5.41, 5.74) is 0. The highest BCUT2D eigenvalue weighted by atomic mass is 16.8. The SMILES string of the molecule is OC[C@H]1OC(CO)(OC2O[C@H](CO)[C@@H](O)[C@@H]2O)[C@@H](O)[C@@H]1O. The molecule has 2 heterocycles. The highest BCUT2D eigenvalue weighted by Gasteiger charge is 2.58. The van der Waals surface area contributed by atoms with E-state index in [0.29, 0.717) is 0 Å². The fourth-order valence-corrected chi connectivity index (χ4v) is 2.43. The summed E-state index contributed by atoms with van der Waals surface area (Å²) in [4.78, 5) is 0. The molecule has 0 amide bonds. The minimum atomic E-state index is -2.12. The Bertz CT molecular complexity index is 354. The lowest BCUT2D eigenvalue weighted by Crippen LogP contribution is -2.52. The van der Waals surface area contributed by atoms with Crippen LogP contribution in [0.1, 0.15) is 0 Å². The van der Waals surface area contributed by atoms with Crippen LogP contribution in [0.25, 0.3) is 0 Å². The summed E-state index contributed by atoms with van der Waals surface area (Å²) in [5.74, 6) is -2.12. The third-order valence-corrected chi connectivity index (χ3v) is 3.72. The molecule has 21 heavy (non-hydrogen) atoms. The summed E-state index contributed by atoms with van der Waals surface area (Å²) < 4.78 is 15.4. The number of hydrogen-bond donors (Lipinski definition) is 7. The van der Waals surface area contributed by atoms with Crippen LogP contribution >= 0.6 is 0 Å². The summed E-state index contributed by atoms with van der Waals surface area (Å²) in [6.07, 6.45) is -9.98. The van der Waals surface area contributed by atoms with E-state index >= 15 is 0 Å². The number of hydrogen-bond acceptors (Lipinski definition) is 10. The van der Waals surface area contributed by atoms with Gasteiger partial charge in [-0.15, -0.1) is 0 Å².